The summed E-state index contributed by atoms with van der Waals surface area (Å²) in [5.74, 6) is 0. The quantitative estimate of drug-likeness (QED) is 0.480. The molecular formula is C14H32Mg2. The van der Waals surface area contributed by atoms with Crippen molar-refractivity contribution in [3.05, 3.63) is 26.7 Å². The smallest absolute Gasteiger partial charge is 0.343 e. The molecule has 0 aliphatic carbocycles. The third-order valence-electron chi connectivity index (χ3n) is 0.707. The summed E-state index contributed by atoms with van der Waals surface area (Å²) in [6, 6.07) is 0. The van der Waals surface area contributed by atoms with Crippen molar-refractivity contribution in [2.45, 2.75) is 67.2 Å². The van der Waals surface area contributed by atoms with Crippen LogP contribution in [0.2, 0.25) is 0 Å². The largest absolute Gasteiger partial charge is 2.00 e. The van der Waals surface area contributed by atoms with Crippen molar-refractivity contribution in [3.8, 4) is 0 Å². The van der Waals surface area contributed by atoms with E-state index >= 15 is 0 Å². The minimum atomic E-state index is 0. The first-order chi connectivity index (χ1) is 6.66. The second-order valence-corrected chi connectivity index (χ2v) is 2.86. The topological polar surface area (TPSA) is 0 Å². The third kappa shape index (κ3) is 263. The minimum absolute atomic E-state index is 0. The second kappa shape index (κ2) is 70.3. The van der Waals surface area contributed by atoms with Gasteiger partial charge in [-0.05, 0) is 0 Å². The van der Waals surface area contributed by atoms with Gasteiger partial charge in [-0.2, -0.15) is 40.5 Å². The van der Waals surface area contributed by atoms with Crippen LogP contribution in [-0.4, -0.2) is 46.1 Å². The van der Waals surface area contributed by atoms with Crippen LogP contribution in [0.1, 0.15) is 67.2 Å². The molecule has 2 heteroatoms. The molecule has 0 heterocycles. The van der Waals surface area contributed by atoms with Crippen molar-refractivity contribution in [1.82, 2.24) is 0 Å². The van der Waals surface area contributed by atoms with Crippen molar-refractivity contribution in [2.75, 3.05) is 0 Å². The Morgan fingerprint density at radius 2 is 0.750 bits per heavy atom. The monoisotopic (exact) mass is 248 g/mol. The van der Waals surface area contributed by atoms with Gasteiger partial charge in [-0.15, -0.1) is 0 Å². The summed E-state index contributed by atoms with van der Waals surface area (Å²) in [7, 11) is 0. The van der Waals surface area contributed by atoms with Crippen molar-refractivity contribution in [1.29, 1.82) is 0 Å². The molecule has 0 rings (SSSR count). The van der Waals surface area contributed by atoms with Gasteiger partial charge in [0, 0.05) is 0 Å². The third-order valence-corrected chi connectivity index (χ3v) is 0.707. The fourth-order valence-electron chi connectivity index (χ4n) is 0. The number of hydrogen-bond donors (Lipinski definition) is 0. The zero-order valence-corrected chi connectivity index (χ0v) is 15.6. The maximum Gasteiger partial charge on any atom is 2.00 e. The average molecular weight is 249 g/mol. The van der Waals surface area contributed by atoms with Gasteiger partial charge in [-0.1, -0.05) is 26.7 Å². The molecule has 0 aliphatic heterocycles. The summed E-state index contributed by atoms with van der Waals surface area (Å²) in [5, 5.41) is 0. The van der Waals surface area contributed by atoms with E-state index in [4.69, 9.17) is 0 Å². The Morgan fingerprint density at radius 1 is 0.688 bits per heavy atom. The van der Waals surface area contributed by atoms with Crippen LogP contribution in [0.5, 0.6) is 0 Å². The zero-order chi connectivity index (χ0) is 12.2. The van der Waals surface area contributed by atoms with Crippen molar-refractivity contribution in [2.24, 2.45) is 0 Å². The first-order valence-corrected chi connectivity index (χ1v) is 5.72. The van der Waals surface area contributed by atoms with Gasteiger partial charge in [0.05, 0.1) is 0 Å². The van der Waals surface area contributed by atoms with E-state index in [1.807, 2.05) is 40.5 Å². The van der Waals surface area contributed by atoms with Gasteiger partial charge < -0.3 is 26.7 Å². The molecule has 0 aliphatic rings. The normalized spacial score (nSPS) is 6.00. The minimum Gasteiger partial charge on any atom is -0.343 e. The van der Waals surface area contributed by atoms with E-state index in [2.05, 4.69) is 27.7 Å². The second-order valence-electron chi connectivity index (χ2n) is 2.86. The molecule has 0 aromatic carbocycles. The molecule has 0 amide bonds. The Labute approximate surface area is 139 Å². The van der Waals surface area contributed by atoms with Crippen LogP contribution < -0.4 is 0 Å². The van der Waals surface area contributed by atoms with Crippen LogP contribution in [0.4, 0.5) is 0 Å². The molecule has 0 atom stereocenters. The molecule has 0 saturated heterocycles. The van der Waals surface area contributed by atoms with E-state index < -0.39 is 0 Å². The summed E-state index contributed by atoms with van der Waals surface area (Å²) in [4.78, 5) is 0. The van der Waals surface area contributed by atoms with Gasteiger partial charge in [0.1, 0.15) is 0 Å². The van der Waals surface area contributed by atoms with Crippen molar-refractivity contribution < 1.29 is 0 Å². The predicted octanol–water partition coefficient (Wildman–Crippen LogP) is 4.94. The molecule has 92 valence electrons. The molecule has 0 nitrogen and oxygen atoms in total. The molecule has 0 fully saturated rings. The van der Waals surface area contributed by atoms with Crippen LogP contribution in [0.15, 0.2) is 0 Å². The van der Waals surface area contributed by atoms with Gasteiger partial charge in [-0.25, -0.2) is 0 Å². The van der Waals surface area contributed by atoms with E-state index in [1.54, 1.807) is 0 Å². The van der Waals surface area contributed by atoms with E-state index in [-0.39, 0.29) is 46.1 Å². The van der Waals surface area contributed by atoms with Crippen LogP contribution in [-0.2, 0) is 0 Å². The Hall–Kier alpha value is 1.53. The summed E-state index contributed by atoms with van der Waals surface area (Å²) in [6.07, 6.45) is 8.56. The molecule has 0 aromatic heterocycles. The Kier molecular flexibility index (Phi) is 158. The predicted molar refractivity (Wildman–Crippen MR) is 83.3 cm³/mol. The molecular weight excluding hydrogens is 217 g/mol. The summed E-state index contributed by atoms with van der Waals surface area (Å²) in [6.45, 7) is 19.4. The number of hydrogen-bond acceptors (Lipinski definition) is 0. The summed E-state index contributed by atoms with van der Waals surface area (Å²) in [5.41, 5.74) is 0. The van der Waals surface area contributed by atoms with Gasteiger partial charge in [0.15, 0.2) is 0 Å². The zero-order valence-electron chi connectivity index (χ0n) is 12.8. The van der Waals surface area contributed by atoms with Crippen molar-refractivity contribution >= 4 is 46.1 Å². The van der Waals surface area contributed by atoms with Gasteiger partial charge in [0.2, 0.25) is 0 Å². The average Bonchev–Trinajstić information content (AvgIpc) is 2.20. The van der Waals surface area contributed by atoms with Gasteiger partial charge in [-0.3, -0.25) is 0 Å². The van der Waals surface area contributed by atoms with Crippen LogP contribution >= 0.6 is 0 Å². The molecule has 0 unspecified atom stereocenters. The molecule has 0 radical (unpaired) electrons. The van der Waals surface area contributed by atoms with E-state index in [9.17, 15) is 0 Å². The maximum atomic E-state index is 3.60. The standard InChI is InChI=1S/2C4H9.2C3H7.2Mg/c2*1-3-4-2;2*1-3-2;;/h2*1,3-4H2,2H3;2*3H,1-2H3;;/q4*-1;2*+2. The SMILES string of the molecule is C[CH-]C.C[CH-]C.[CH2-]CCC.[CH2-]CCC.[Mg+2].[Mg+2]. The van der Waals surface area contributed by atoms with Crippen LogP contribution in [0.25, 0.3) is 0 Å². The molecule has 0 spiro atoms. The van der Waals surface area contributed by atoms with E-state index in [1.165, 1.54) is 12.8 Å². The summed E-state index contributed by atoms with van der Waals surface area (Å²) < 4.78 is 0. The number of unbranched alkanes of at least 4 members (excludes halogenated alkanes) is 2. The Balaban J connectivity index is -0.0000000202. The molecule has 0 bridgehead atoms. The Bertz CT molecular complexity index is 29.7. The first-order valence-electron chi connectivity index (χ1n) is 5.72. The van der Waals surface area contributed by atoms with E-state index in [0.717, 1.165) is 12.8 Å². The van der Waals surface area contributed by atoms with Gasteiger partial charge in [0.25, 0.3) is 0 Å². The van der Waals surface area contributed by atoms with Crippen LogP contribution in [0, 0.1) is 26.7 Å². The molecule has 16 heavy (non-hydrogen) atoms. The Morgan fingerprint density at radius 3 is 0.750 bits per heavy atom. The molecule has 0 aromatic rings. The first kappa shape index (κ1) is 36.0. The van der Waals surface area contributed by atoms with Crippen LogP contribution in [0.3, 0.4) is 0 Å². The maximum absolute atomic E-state index is 3.60. The van der Waals surface area contributed by atoms with Gasteiger partial charge >= 0.3 is 46.1 Å². The molecule has 0 N–H and O–H groups in total. The number of rotatable bonds is 2. The fraction of sp³-hybridized carbons (Fsp3) is 0.714. The molecule has 0 saturated carbocycles. The van der Waals surface area contributed by atoms with E-state index in [0.29, 0.717) is 0 Å². The fourth-order valence-corrected chi connectivity index (χ4v) is 0. The summed E-state index contributed by atoms with van der Waals surface area (Å²) >= 11 is 0. The van der Waals surface area contributed by atoms with Crippen molar-refractivity contribution in [3.63, 3.8) is 0 Å².